The Morgan fingerprint density at radius 2 is 1.53 bits per heavy atom. The molecule has 0 aromatic heterocycles. The predicted octanol–water partition coefficient (Wildman–Crippen LogP) is 5.81. The Bertz CT molecular complexity index is 254. The summed E-state index contributed by atoms with van der Waals surface area (Å²) in [4.78, 5) is 0. The van der Waals surface area contributed by atoms with E-state index < -0.39 is 0 Å². The molecular formula is C18H32O. The maximum absolute atomic E-state index is 5.50. The largest absolute Gasteiger partial charge is 0.369 e. The first kappa shape index (κ1) is 16.5. The Balaban J connectivity index is 1.81. The molecule has 0 saturated carbocycles. The van der Waals surface area contributed by atoms with E-state index in [0.717, 1.165) is 19.3 Å². The third-order valence-electron chi connectivity index (χ3n) is 3.79. The van der Waals surface area contributed by atoms with Gasteiger partial charge in [0.1, 0.15) is 0 Å². The first-order valence-corrected chi connectivity index (χ1v) is 8.34. The molecule has 0 aromatic carbocycles. The van der Waals surface area contributed by atoms with Crippen LogP contribution in [0.2, 0.25) is 0 Å². The number of rotatable bonds is 12. The van der Waals surface area contributed by atoms with Crippen LogP contribution in [0.5, 0.6) is 0 Å². The van der Waals surface area contributed by atoms with Crippen molar-refractivity contribution in [3.8, 4) is 0 Å². The molecule has 0 bridgehead atoms. The third-order valence-corrected chi connectivity index (χ3v) is 3.79. The minimum atomic E-state index is 0.522. The van der Waals surface area contributed by atoms with E-state index >= 15 is 0 Å². The summed E-state index contributed by atoms with van der Waals surface area (Å²) < 4.78 is 5.50. The van der Waals surface area contributed by atoms with Gasteiger partial charge in [0, 0.05) is 0 Å². The number of unbranched alkanes of at least 4 members (excludes halogenated alkanes) is 6. The summed E-state index contributed by atoms with van der Waals surface area (Å²) >= 11 is 0. The number of ether oxygens (including phenoxy) is 1. The summed E-state index contributed by atoms with van der Waals surface area (Å²) in [7, 11) is 0. The van der Waals surface area contributed by atoms with E-state index in [-0.39, 0.29) is 0 Å². The highest BCUT2D eigenvalue weighted by Gasteiger charge is 2.35. The van der Waals surface area contributed by atoms with Gasteiger partial charge >= 0.3 is 0 Å². The highest BCUT2D eigenvalue weighted by Crippen LogP contribution is 2.28. The van der Waals surface area contributed by atoms with E-state index in [9.17, 15) is 0 Å². The highest BCUT2D eigenvalue weighted by atomic mass is 16.6. The lowest BCUT2D eigenvalue weighted by Gasteiger charge is -1.97. The maximum atomic E-state index is 5.50. The second-order valence-electron chi connectivity index (χ2n) is 5.59. The van der Waals surface area contributed by atoms with E-state index in [1.54, 1.807) is 0 Å². The van der Waals surface area contributed by atoms with Gasteiger partial charge < -0.3 is 4.74 Å². The fourth-order valence-electron chi connectivity index (χ4n) is 2.41. The Labute approximate surface area is 120 Å². The standard InChI is InChI=1S/C18H32O/c1-3-5-6-7-8-9-10-11-12-13-14-15-16-18-17(4-2)19-18/h11-12,14-15,17-18H,3-10,13,16H2,1-2H3/b12-11-,15-14-/t17-,18+/m1/s1. The second kappa shape index (κ2) is 11.3. The van der Waals surface area contributed by atoms with Crippen LogP contribution in [0.25, 0.3) is 0 Å². The fourth-order valence-corrected chi connectivity index (χ4v) is 2.41. The maximum Gasteiger partial charge on any atom is 0.0876 e. The van der Waals surface area contributed by atoms with Crippen LogP contribution >= 0.6 is 0 Å². The van der Waals surface area contributed by atoms with Gasteiger partial charge in [0.05, 0.1) is 12.2 Å². The van der Waals surface area contributed by atoms with Crippen LogP contribution in [-0.2, 0) is 4.74 Å². The molecule has 0 N–H and O–H groups in total. The monoisotopic (exact) mass is 264 g/mol. The molecule has 1 aliphatic heterocycles. The van der Waals surface area contributed by atoms with Crippen LogP contribution < -0.4 is 0 Å². The average molecular weight is 264 g/mol. The zero-order valence-electron chi connectivity index (χ0n) is 12.9. The van der Waals surface area contributed by atoms with Gasteiger partial charge in [-0.25, -0.2) is 0 Å². The molecule has 1 aliphatic rings. The van der Waals surface area contributed by atoms with Gasteiger partial charge in [-0.1, -0.05) is 70.3 Å². The lowest BCUT2D eigenvalue weighted by molar-refractivity contribution is 0.367. The molecule has 19 heavy (non-hydrogen) atoms. The predicted molar refractivity (Wildman–Crippen MR) is 84.5 cm³/mol. The van der Waals surface area contributed by atoms with E-state index in [2.05, 4.69) is 38.2 Å². The first-order chi connectivity index (χ1) is 9.38. The van der Waals surface area contributed by atoms with E-state index in [1.807, 2.05) is 0 Å². The van der Waals surface area contributed by atoms with E-state index in [4.69, 9.17) is 4.74 Å². The van der Waals surface area contributed by atoms with E-state index in [1.165, 1.54) is 44.9 Å². The normalized spacial score (nSPS) is 22.6. The number of hydrogen-bond donors (Lipinski definition) is 0. The van der Waals surface area contributed by atoms with E-state index in [0.29, 0.717) is 12.2 Å². The quantitative estimate of drug-likeness (QED) is 0.246. The summed E-state index contributed by atoms with van der Waals surface area (Å²) in [6.07, 6.45) is 23.2. The van der Waals surface area contributed by atoms with Gasteiger partial charge in [0.15, 0.2) is 0 Å². The van der Waals surface area contributed by atoms with Gasteiger partial charge in [0.25, 0.3) is 0 Å². The van der Waals surface area contributed by atoms with Crippen LogP contribution in [0.3, 0.4) is 0 Å². The molecule has 1 heteroatoms. The van der Waals surface area contributed by atoms with Crippen molar-refractivity contribution in [3.05, 3.63) is 24.3 Å². The summed E-state index contributed by atoms with van der Waals surface area (Å²) in [5.41, 5.74) is 0. The van der Waals surface area contributed by atoms with Crippen molar-refractivity contribution in [1.82, 2.24) is 0 Å². The van der Waals surface area contributed by atoms with Crippen LogP contribution in [0, 0.1) is 0 Å². The Kier molecular flexibility index (Phi) is 9.79. The molecule has 1 fully saturated rings. The lowest BCUT2D eigenvalue weighted by Crippen LogP contribution is -1.88. The Morgan fingerprint density at radius 3 is 2.26 bits per heavy atom. The molecule has 2 atom stereocenters. The molecule has 0 aliphatic carbocycles. The van der Waals surface area contributed by atoms with Crippen molar-refractivity contribution >= 4 is 0 Å². The van der Waals surface area contributed by atoms with Gasteiger partial charge in [-0.05, 0) is 32.1 Å². The molecular weight excluding hydrogens is 232 g/mol. The summed E-state index contributed by atoms with van der Waals surface area (Å²) in [6, 6.07) is 0. The topological polar surface area (TPSA) is 12.5 Å². The average Bonchev–Trinajstić information content (AvgIpc) is 3.19. The number of hydrogen-bond acceptors (Lipinski definition) is 1. The summed E-state index contributed by atoms with van der Waals surface area (Å²) in [5.74, 6) is 0. The molecule has 1 rings (SSSR count). The molecule has 0 unspecified atom stereocenters. The highest BCUT2D eigenvalue weighted by molar-refractivity contribution is 4.97. The summed E-state index contributed by atoms with van der Waals surface area (Å²) in [5, 5.41) is 0. The minimum absolute atomic E-state index is 0.522. The van der Waals surface area contributed by atoms with Crippen molar-refractivity contribution in [1.29, 1.82) is 0 Å². The molecule has 1 saturated heterocycles. The van der Waals surface area contributed by atoms with Crippen LogP contribution in [0.15, 0.2) is 24.3 Å². The van der Waals surface area contributed by atoms with Crippen molar-refractivity contribution in [3.63, 3.8) is 0 Å². The van der Waals surface area contributed by atoms with Crippen LogP contribution in [0.4, 0.5) is 0 Å². The second-order valence-corrected chi connectivity index (χ2v) is 5.59. The van der Waals surface area contributed by atoms with Crippen LogP contribution in [-0.4, -0.2) is 12.2 Å². The molecule has 0 radical (unpaired) electrons. The molecule has 0 spiro atoms. The number of allylic oxidation sites excluding steroid dienone is 3. The molecule has 1 heterocycles. The van der Waals surface area contributed by atoms with Gasteiger partial charge in [0.2, 0.25) is 0 Å². The van der Waals surface area contributed by atoms with Crippen molar-refractivity contribution in [2.45, 2.75) is 90.3 Å². The van der Waals surface area contributed by atoms with Gasteiger partial charge in [-0.15, -0.1) is 0 Å². The lowest BCUT2D eigenvalue weighted by atomic mass is 10.1. The van der Waals surface area contributed by atoms with Crippen molar-refractivity contribution in [2.24, 2.45) is 0 Å². The van der Waals surface area contributed by atoms with Gasteiger partial charge in [-0.2, -0.15) is 0 Å². The zero-order valence-corrected chi connectivity index (χ0v) is 12.9. The third kappa shape index (κ3) is 9.04. The molecule has 0 amide bonds. The SMILES string of the molecule is CCCCCCCC/C=C\C/C=C\C[C@@H]1O[C@@H]1CC. The molecule has 110 valence electrons. The zero-order chi connectivity index (χ0) is 13.8. The smallest absolute Gasteiger partial charge is 0.0876 e. The summed E-state index contributed by atoms with van der Waals surface area (Å²) in [6.45, 7) is 4.47. The number of epoxide rings is 1. The minimum Gasteiger partial charge on any atom is -0.369 e. The Morgan fingerprint density at radius 1 is 0.789 bits per heavy atom. The molecule has 0 aromatic rings. The van der Waals surface area contributed by atoms with Crippen LogP contribution in [0.1, 0.15) is 78.1 Å². The first-order valence-electron chi connectivity index (χ1n) is 8.34. The van der Waals surface area contributed by atoms with Gasteiger partial charge in [-0.3, -0.25) is 0 Å². The fraction of sp³-hybridized carbons (Fsp3) is 0.778. The Hall–Kier alpha value is -0.560. The molecule has 1 nitrogen and oxygen atoms in total. The van der Waals surface area contributed by atoms with Crippen molar-refractivity contribution in [2.75, 3.05) is 0 Å². The van der Waals surface area contributed by atoms with Crippen molar-refractivity contribution < 1.29 is 4.74 Å².